The van der Waals surface area contributed by atoms with Crippen molar-refractivity contribution in [1.29, 1.82) is 0 Å². The third-order valence-electron chi connectivity index (χ3n) is 8.41. The first kappa shape index (κ1) is 33.8. The monoisotopic (exact) mass is 651 g/mol. The molecule has 5 rings (SSSR count). The second-order valence-corrected chi connectivity index (χ2v) is 11.7. The topological polar surface area (TPSA) is 118 Å². The molecule has 11 nitrogen and oxygen atoms in total. The number of carbonyl (C=O) groups excluding carboxylic acids is 1. The molecule has 0 saturated carbocycles. The summed E-state index contributed by atoms with van der Waals surface area (Å²) >= 11 is 0. The average molecular weight is 652 g/mol. The number of aryl methyl sites for hydroxylation is 1. The summed E-state index contributed by atoms with van der Waals surface area (Å²) in [5, 5.41) is 9.26. The Morgan fingerprint density at radius 1 is 1.13 bits per heavy atom. The number of allylic oxidation sites excluding steroid dienone is 1. The molecule has 0 bridgehead atoms. The maximum atomic E-state index is 13.5. The molecule has 2 aromatic carbocycles. The molecule has 250 valence electrons. The zero-order chi connectivity index (χ0) is 33.4. The molecule has 0 atom stereocenters. The number of ether oxygens (including phenoxy) is 1. The molecule has 1 amide bonds. The highest BCUT2D eigenvalue weighted by atomic mass is 19.4. The lowest BCUT2D eigenvalue weighted by Gasteiger charge is -2.38. The fourth-order valence-electron chi connectivity index (χ4n) is 5.78. The van der Waals surface area contributed by atoms with E-state index in [4.69, 9.17) is 9.73 Å². The van der Waals surface area contributed by atoms with E-state index in [0.29, 0.717) is 29.6 Å². The molecular weight excluding hydrogens is 611 g/mol. The Hall–Kier alpha value is -4.56. The molecule has 2 saturated heterocycles. The normalized spacial score (nSPS) is 19.0. The van der Waals surface area contributed by atoms with Gasteiger partial charge in [-0.15, -0.1) is 0 Å². The Kier molecular flexibility index (Phi) is 11.0. The van der Waals surface area contributed by atoms with Crippen LogP contribution in [0.2, 0.25) is 0 Å². The largest absolute Gasteiger partial charge is 0.496 e. The number of alkyl halides is 3. The Morgan fingerprint density at radius 2 is 1.89 bits per heavy atom. The van der Waals surface area contributed by atoms with E-state index in [-0.39, 0.29) is 17.0 Å². The molecule has 3 N–H and O–H groups in total. The first-order valence-corrected chi connectivity index (χ1v) is 15.6. The molecule has 14 heteroatoms. The van der Waals surface area contributed by atoms with Gasteiger partial charge in [-0.25, -0.2) is 15.0 Å². The predicted octanol–water partition coefficient (Wildman–Crippen LogP) is 5.03. The number of halogens is 3. The smallest absolute Gasteiger partial charge is 0.420 e. The van der Waals surface area contributed by atoms with Crippen molar-refractivity contribution in [3.8, 4) is 5.75 Å². The Labute approximate surface area is 272 Å². The number of hydrogen-bond acceptors (Lipinski definition) is 9. The summed E-state index contributed by atoms with van der Waals surface area (Å²) in [4.78, 5) is 35.5. The maximum Gasteiger partial charge on any atom is 0.420 e. The molecule has 3 aliphatic rings. The van der Waals surface area contributed by atoms with Gasteiger partial charge in [-0.05, 0) is 81.4 Å². The minimum absolute atomic E-state index is 0.0156. The zero-order valence-electron chi connectivity index (χ0n) is 26.6. The van der Waals surface area contributed by atoms with Crippen LogP contribution >= 0.6 is 0 Å². The zero-order valence-corrected chi connectivity index (χ0v) is 26.6. The van der Waals surface area contributed by atoms with Gasteiger partial charge in [0.25, 0.3) is 5.91 Å². The van der Waals surface area contributed by atoms with Gasteiger partial charge < -0.3 is 25.6 Å². The van der Waals surface area contributed by atoms with Crippen LogP contribution in [0.25, 0.3) is 0 Å². The lowest BCUT2D eigenvalue weighted by Crippen LogP contribution is -2.50. The summed E-state index contributed by atoms with van der Waals surface area (Å²) < 4.78 is 45.4. The highest BCUT2D eigenvalue weighted by Crippen LogP contribution is 2.38. The van der Waals surface area contributed by atoms with Gasteiger partial charge in [-0.2, -0.15) is 13.2 Å². The molecule has 3 aliphatic heterocycles. The SMILES string of the molecule is C=NC=N/C(Nc1cc(C(=O)Nc2ccc(OC)c(C(F)(F)F)c2)ccc1C)=C1\CC=NC(N2CCN(CC3CCNCC3)CC2)=N1. The van der Waals surface area contributed by atoms with Crippen molar-refractivity contribution in [2.24, 2.45) is 25.9 Å². The predicted molar refractivity (Wildman–Crippen MR) is 180 cm³/mol. The number of hydrogen-bond donors (Lipinski definition) is 3. The second-order valence-electron chi connectivity index (χ2n) is 11.7. The Balaban J connectivity index is 1.31. The fourth-order valence-corrected chi connectivity index (χ4v) is 5.78. The van der Waals surface area contributed by atoms with Crippen molar-refractivity contribution < 1.29 is 22.7 Å². The number of aliphatic imine (C=N–C) groups is 4. The maximum absolute atomic E-state index is 13.5. The van der Waals surface area contributed by atoms with Gasteiger partial charge in [0.2, 0.25) is 5.96 Å². The first-order valence-electron chi connectivity index (χ1n) is 15.6. The Bertz CT molecular complexity index is 1570. The second kappa shape index (κ2) is 15.4. The van der Waals surface area contributed by atoms with Crippen LogP contribution in [0.15, 0.2) is 67.9 Å². The van der Waals surface area contributed by atoms with Crippen molar-refractivity contribution in [2.45, 2.75) is 32.4 Å². The minimum Gasteiger partial charge on any atom is -0.496 e. The Morgan fingerprint density at radius 3 is 2.60 bits per heavy atom. The molecular formula is C33H40F3N9O2. The molecule has 0 unspecified atom stereocenters. The van der Waals surface area contributed by atoms with Crippen LogP contribution < -0.4 is 20.7 Å². The van der Waals surface area contributed by atoms with Crippen LogP contribution in [0.4, 0.5) is 24.5 Å². The van der Waals surface area contributed by atoms with Crippen LogP contribution in [-0.4, -0.2) is 93.9 Å². The molecule has 47 heavy (non-hydrogen) atoms. The number of piperidine rings is 1. The fraction of sp³-hybridized carbons (Fsp3) is 0.424. The van der Waals surface area contributed by atoms with Crippen molar-refractivity contribution in [3.05, 3.63) is 64.6 Å². The minimum atomic E-state index is -4.65. The summed E-state index contributed by atoms with van der Waals surface area (Å²) in [6.07, 6.45) is 1.33. The van der Waals surface area contributed by atoms with E-state index >= 15 is 0 Å². The van der Waals surface area contributed by atoms with E-state index in [2.05, 4.69) is 47.4 Å². The van der Waals surface area contributed by atoms with Crippen molar-refractivity contribution in [2.75, 3.05) is 63.6 Å². The van der Waals surface area contributed by atoms with E-state index in [9.17, 15) is 18.0 Å². The van der Waals surface area contributed by atoms with Gasteiger partial charge in [0, 0.05) is 62.3 Å². The quantitative estimate of drug-likeness (QED) is 0.259. The standard InChI is InChI=1S/C33H40F3N9O2/c1-22-4-5-24(31(46)41-25-6-7-29(47-3)26(19-25)33(34,35)36)18-28(22)42-30(40-21-37-2)27-10-13-39-32(43-27)45-16-14-44(15-17-45)20-23-8-11-38-12-9-23/h4-7,13,18-19,21,23,38,42H,2,8-12,14-17,20H2,1,3H3,(H,41,46)/b30-27-,40-21?. The molecule has 2 fully saturated rings. The van der Waals surface area contributed by atoms with Gasteiger partial charge in [-0.3, -0.25) is 14.7 Å². The van der Waals surface area contributed by atoms with E-state index in [1.165, 1.54) is 31.3 Å². The van der Waals surface area contributed by atoms with Crippen molar-refractivity contribution in [1.82, 2.24) is 15.1 Å². The molecule has 3 heterocycles. The molecule has 0 aliphatic carbocycles. The number of anilines is 2. The van der Waals surface area contributed by atoms with Crippen LogP contribution in [0.3, 0.4) is 0 Å². The highest BCUT2D eigenvalue weighted by Gasteiger charge is 2.34. The van der Waals surface area contributed by atoms with Crippen molar-refractivity contribution in [3.63, 3.8) is 0 Å². The number of methoxy groups -OCH3 is 1. The summed E-state index contributed by atoms with van der Waals surface area (Å²) in [6.45, 7) is 12.2. The molecule has 0 radical (unpaired) electrons. The van der Waals surface area contributed by atoms with Crippen LogP contribution in [0.5, 0.6) is 5.75 Å². The summed E-state index contributed by atoms with van der Waals surface area (Å²) in [5.74, 6) is 0.861. The van der Waals surface area contributed by atoms with Gasteiger partial charge in [-0.1, -0.05) is 6.07 Å². The molecule has 0 spiro atoms. The summed E-state index contributed by atoms with van der Waals surface area (Å²) in [6, 6.07) is 8.32. The molecule has 2 aromatic rings. The number of piperazine rings is 1. The average Bonchev–Trinajstić information content (AvgIpc) is 3.08. The summed E-state index contributed by atoms with van der Waals surface area (Å²) in [7, 11) is 1.16. The lowest BCUT2D eigenvalue weighted by molar-refractivity contribution is -0.138. The van der Waals surface area contributed by atoms with Gasteiger partial charge in [0.15, 0.2) is 5.82 Å². The van der Waals surface area contributed by atoms with Crippen molar-refractivity contribution >= 4 is 42.5 Å². The van der Waals surface area contributed by atoms with Gasteiger partial charge >= 0.3 is 6.18 Å². The number of carbonyl (C=O) groups is 1. The third-order valence-corrected chi connectivity index (χ3v) is 8.41. The first-order chi connectivity index (χ1) is 22.6. The van der Waals surface area contributed by atoms with E-state index < -0.39 is 17.6 Å². The number of nitrogens with one attached hydrogen (secondary N) is 3. The van der Waals surface area contributed by atoms with E-state index in [1.54, 1.807) is 24.4 Å². The number of rotatable bonds is 9. The van der Waals surface area contributed by atoms with Gasteiger partial charge in [0.05, 0.1) is 18.4 Å². The number of amides is 1. The van der Waals surface area contributed by atoms with Crippen LogP contribution in [0, 0.1) is 12.8 Å². The van der Waals surface area contributed by atoms with Crippen LogP contribution in [-0.2, 0) is 6.18 Å². The lowest BCUT2D eigenvalue weighted by atomic mass is 9.97. The number of guanidine groups is 1. The molecule has 0 aromatic heterocycles. The van der Waals surface area contributed by atoms with Gasteiger partial charge in [0.1, 0.15) is 12.1 Å². The highest BCUT2D eigenvalue weighted by molar-refractivity contribution is 6.05. The summed E-state index contributed by atoms with van der Waals surface area (Å²) in [5.41, 5.74) is 1.25. The third kappa shape index (κ3) is 8.83. The van der Waals surface area contributed by atoms with E-state index in [1.807, 2.05) is 6.92 Å². The van der Waals surface area contributed by atoms with Crippen LogP contribution in [0.1, 0.15) is 40.7 Å². The number of benzene rings is 2. The van der Waals surface area contributed by atoms with E-state index in [0.717, 1.165) is 70.5 Å². The number of nitrogens with zero attached hydrogens (tertiary/aromatic N) is 6.